The van der Waals surface area contributed by atoms with E-state index in [1.165, 1.54) is 12.1 Å². The number of aliphatic imine (C=N–C) groups is 1. The average molecular weight is 350 g/mol. The van der Waals surface area contributed by atoms with Gasteiger partial charge in [0.25, 0.3) is 5.69 Å². The molecular weight excluding hydrogens is 332 g/mol. The Morgan fingerprint density at radius 3 is 2.35 bits per heavy atom. The van der Waals surface area contributed by atoms with Gasteiger partial charge in [0.15, 0.2) is 5.70 Å². The molecule has 0 fully saturated rings. The lowest BCUT2D eigenvalue weighted by Crippen LogP contribution is -2.11. The summed E-state index contributed by atoms with van der Waals surface area (Å²) in [4.78, 5) is 26.9. The predicted molar refractivity (Wildman–Crippen MR) is 98.8 cm³/mol. The first-order valence-corrected chi connectivity index (χ1v) is 8.12. The van der Waals surface area contributed by atoms with Crippen molar-refractivity contribution >= 4 is 23.6 Å². The predicted octanol–water partition coefficient (Wildman–Crippen LogP) is 4.24. The van der Waals surface area contributed by atoms with Crippen LogP contribution < -0.4 is 0 Å². The SMILES string of the molecule is CC(C)(C)c1ccc(C2=N/C(=C/c3ccccc3[N+](=O)[O-])C(=O)O2)cc1. The van der Waals surface area contributed by atoms with Crippen LogP contribution in [0.3, 0.4) is 0 Å². The second-order valence-electron chi connectivity index (χ2n) is 6.98. The van der Waals surface area contributed by atoms with Crippen molar-refractivity contribution in [2.75, 3.05) is 0 Å². The molecule has 0 saturated carbocycles. The van der Waals surface area contributed by atoms with Gasteiger partial charge in [-0.15, -0.1) is 0 Å². The lowest BCUT2D eigenvalue weighted by molar-refractivity contribution is -0.385. The van der Waals surface area contributed by atoms with E-state index in [2.05, 4.69) is 25.8 Å². The molecule has 0 bridgehead atoms. The Morgan fingerprint density at radius 1 is 1.08 bits per heavy atom. The molecule has 26 heavy (non-hydrogen) atoms. The van der Waals surface area contributed by atoms with Gasteiger partial charge in [-0.1, -0.05) is 45.0 Å². The topological polar surface area (TPSA) is 81.8 Å². The van der Waals surface area contributed by atoms with Crippen LogP contribution in [0.1, 0.15) is 37.5 Å². The monoisotopic (exact) mass is 350 g/mol. The van der Waals surface area contributed by atoms with E-state index in [4.69, 9.17) is 4.74 Å². The van der Waals surface area contributed by atoms with Crippen molar-refractivity contribution in [3.05, 3.63) is 81.0 Å². The van der Waals surface area contributed by atoms with Crippen molar-refractivity contribution in [2.45, 2.75) is 26.2 Å². The molecule has 132 valence electrons. The zero-order chi connectivity index (χ0) is 18.9. The van der Waals surface area contributed by atoms with Crippen molar-refractivity contribution in [1.82, 2.24) is 0 Å². The Labute approximate surface area is 151 Å². The van der Waals surface area contributed by atoms with Crippen molar-refractivity contribution < 1.29 is 14.5 Å². The van der Waals surface area contributed by atoms with Crippen molar-refractivity contribution in [3.8, 4) is 0 Å². The van der Waals surface area contributed by atoms with E-state index < -0.39 is 10.9 Å². The van der Waals surface area contributed by atoms with E-state index in [9.17, 15) is 14.9 Å². The maximum atomic E-state index is 12.1. The lowest BCUT2D eigenvalue weighted by atomic mass is 9.87. The molecule has 0 saturated heterocycles. The van der Waals surface area contributed by atoms with Gasteiger partial charge >= 0.3 is 5.97 Å². The molecule has 0 amide bonds. The number of rotatable bonds is 3. The number of para-hydroxylation sites is 1. The van der Waals surface area contributed by atoms with Gasteiger partial charge < -0.3 is 4.74 Å². The minimum atomic E-state index is -0.627. The fraction of sp³-hybridized carbons (Fsp3) is 0.200. The number of esters is 1. The van der Waals surface area contributed by atoms with Gasteiger partial charge in [-0.05, 0) is 35.3 Å². The highest BCUT2D eigenvalue weighted by Crippen LogP contribution is 2.26. The molecule has 6 heteroatoms. The lowest BCUT2D eigenvalue weighted by Gasteiger charge is -2.18. The molecule has 1 heterocycles. The molecule has 0 radical (unpaired) electrons. The van der Waals surface area contributed by atoms with Gasteiger partial charge in [0, 0.05) is 11.6 Å². The zero-order valence-corrected chi connectivity index (χ0v) is 14.7. The largest absolute Gasteiger partial charge is 0.402 e. The molecule has 2 aromatic carbocycles. The van der Waals surface area contributed by atoms with E-state index in [0.29, 0.717) is 11.1 Å². The molecule has 1 aliphatic rings. The fourth-order valence-electron chi connectivity index (χ4n) is 2.57. The highest BCUT2D eigenvalue weighted by atomic mass is 16.6. The molecule has 3 rings (SSSR count). The number of hydrogen-bond donors (Lipinski definition) is 0. The van der Waals surface area contributed by atoms with E-state index >= 15 is 0 Å². The van der Waals surface area contributed by atoms with Crippen LogP contribution >= 0.6 is 0 Å². The van der Waals surface area contributed by atoms with Gasteiger partial charge in [0.05, 0.1) is 10.5 Å². The molecule has 0 aliphatic carbocycles. The first-order chi connectivity index (χ1) is 12.3. The number of carbonyl (C=O) groups excluding carboxylic acids is 1. The highest BCUT2D eigenvalue weighted by Gasteiger charge is 2.25. The summed E-state index contributed by atoms with van der Waals surface area (Å²) in [5, 5.41) is 11.1. The summed E-state index contributed by atoms with van der Waals surface area (Å²) in [5.41, 5.74) is 2.10. The molecule has 0 N–H and O–H groups in total. The Hall–Kier alpha value is -3.28. The van der Waals surface area contributed by atoms with Crippen LogP contribution in [0, 0.1) is 10.1 Å². The molecule has 0 unspecified atom stereocenters. The van der Waals surface area contributed by atoms with Crippen LogP contribution in [0.2, 0.25) is 0 Å². The second kappa shape index (κ2) is 6.55. The first kappa shape index (κ1) is 17.5. The van der Waals surface area contributed by atoms with E-state index in [-0.39, 0.29) is 22.7 Å². The minimum Gasteiger partial charge on any atom is -0.402 e. The van der Waals surface area contributed by atoms with E-state index in [1.807, 2.05) is 24.3 Å². The highest BCUT2D eigenvalue weighted by molar-refractivity contribution is 6.13. The normalized spacial score (nSPS) is 15.7. The average Bonchev–Trinajstić information content (AvgIpc) is 2.95. The number of benzene rings is 2. The first-order valence-electron chi connectivity index (χ1n) is 8.12. The Kier molecular flexibility index (Phi) is 4.42. The third-order valence-corrected chi connectivity index (χ3v) is 4.04. The minimum absolute atomic E-state index is 0.0179. The summed E-state index contributed by atoms with van der Waals surface area (Å²) in [5.74, 6) is -0.432. The second-order valence-corrected chi connectivity index (χ2v) is 6.98. The van der Waals surface area contributed by atoms with Crippen LogP contribution in [0.5, 0.6) is 0 Å². The van der Waals surface area contributed by atoms with Gasteiger partial charge in [-0.25, -0.2) is 9.79 Å². The summed E-state index contributed by atoms with van der Waals surface area (Å²) in [7, 11) is 0. The van der Waals surface area contributed by atoms with Crippen molar-refractivity contribution in [3.63, 3.8) is 0 Å². The fourth-order valence-corrected chi connectivity index (χ4v) is 2.57. The van der Waals surface area contributed by atoms with Crippen molar-refractivity contribution in [1.29, 1.82) is 0 Å². The van der Waals surface area contributed by atoms with E-state index in [0.717, 1.165) is 5.56 Å². The number of nitrogens with zero attached hydrogens (tertiary/aromatic N) is 2. The quantitative estimate of drug-likeness (QED) is 0.359. The third kappa shape index (κ3) is 3.54. The molecule has 2 aromatic rings. The molecule has 6 nitrogen and oxygen atoms in total. The summed E-state index contributed by atoms with van der Waals surface area (Å²) in [6.07, 6.45) is 1.37. The Balaban J connectivity index is 1.94. The van der Waals surface area contributed by atoms with Crippen LogP contribution in [-0.2, 0) is 14.9 Å². The number of nitro groups is 1. The van der Waals surface area contributed by atoms with Crippen LogP contribution in [0.4, 0.5) is 5.69 Å². The number of cyclic esters (lactones) is 1. The Bertz CT molecular complexity index is 935. The smallest absolute Gasteiger partial charge is 0.363 e. The van der Waals surface area contributed by atoms with Crippen LogP contribution in [0.25, 0.3) is 6.08 Å². The Morgan fingerprint density at radius 2 is 1.73 bits per heavy atom. The van der Waals surface area contributed by atoms with Gasteiger partial charge in [0.2, 0.25) is 5.90 Å². The van der Waals surface area contributed by atoms with Crippen LogP contribution in [-0.4, -0.2) is 16.8 Å². The molecule has 0 spiro atoms. The number of hydrogen-bond acceptors (Lipinski definition) is 5. The summed E-state index contributed by atoms with van der Waals surface area (Å²) in [6, 6.07) is 13.8. The maximum Gasteiger partial charge on any atom is 0.363 e. The van der Waals surface area contributed by atoms with Crippen LogP contribution in [0.15, 0.2) is 59.2 Å². The number of nitro benzene ring substituents is 1. The number of ether oxygens (including phenoxy) is 1. The molecule has 0 atom stereocenters. The summed E-state index contributed by atoms with van der Waals surface area (Å²) >= 11 is 0. The summed E-state index contributed by atoms with van der Waals surface area (Å²) < 4.78 is 5.23. The summed E-state index contributed by atoms with van der Waals surface area (Å²) in [6.45, 7) is 6.34. The zero-order valence-electron chi connectivity index (χ0n) is 14.7. The van der Waals surface area contributed by atoms with Gasteiger partial charge in [-0.2, -0.15) is 0 Å². The third-order valence-electron chi connectivity index (χ3n) is 4.04. The molecule has 1 aliphatic heterocycles. The molecule has 0 aromatic heterocycles. The van der Waals surface area contributed by atoms with E-state index in [1.54, 1.807) is 18.2 Å². The van der Waals surface area contributed by atoms with Gasteiger partial charge in [-0.3, -0.25) is 10.1 Å². The standard InChI is InChI=1S/C20H18N2O4/c1-20(2,3)15-10-8-13(9-11-15)18-21-16(19(23)26-18)12-14-6-4-5-7-17(14)22(24)25/h4-12H,1-3H3/b16-12+. The van der Waals surface area contributed by atoms with Gasteiger partial charge in [0.1, 0.15) is 0 Å². The maximum absolute atomic E-state index is 12.1. The molecular formula is C20H18N2O4. The number of carbonyl (C=O) groups is 1. The van der Waals surface area contributed by atoms with Crippen molar-refractivity contribution in [2.24, 2.45) is 4.99 Å².